The summed E-state index contributed by atoms with van der Waals surface area (Å²) >= 11 is 5.94. The highest BCUT2D eigenvalue weighted by atomic mass is 35.5. The SMILES string of the molecule is COC(=O)CCOc1ccc(C)cc1Cl. The van der Waals surface area contributed by atoms with Gasteiger partial charge in [0.2, 0.25) is 0 Å². The largest absolute Gasteiger partial charge is 0.491 e. The molecule has 0 heterocycles. The second-order valence-electron chi connectivity index (χ2n) is 3.11. The molecule has 0 spiro atoms. The highest BCUT2D eigenvalue weighted by Gasteiger charge is 2.04. The van der Waals surface area contributed by atoms with Gasteiger partial charge in [-0.25, -0.2) is 0 Å². The Morgan fingerprint density at radius 3 is 2.80 bits per heavy atom. The molecule has 0 atom stereocenters. The molecule has 0 N–H and O–H groups in total. The lowest BCUT2D eigenvalue weighted by atomic mass is 10.2. The van der Waals surface area contributed by atoms with Crippen molar-refractivity contribution in [2.75, 3.05) is 13.7 Å². The van der Waals surface area contributed by atoms with Crippen molar-refractivity contribution in [3.8, 4) is 5.75 Å². The first-order valence-corrected chi connectivity index (χ1v) is 4.97. The lowest BCUT2D eigenvalue weighted by molar-refractivity contribution is -0.141. The summed E-state index contributed by atoms with van der Waals surface area (Å²) in [4.78, 5) is 10.8. The predicted octanol–water partition coefficient (Wildman–Crippen LogP) is 2.59. The van der Waals surface area contributed by atoms with E-state index in [9.17, 15) is 4.79 Å². The second-order valence-corrected chi connectivity index (χ2v) is 3.52. The third-order valence-electron chi connectivity index (χ3n) is 1.88. The number of carbonyl (C=O) groups excluding carboxylic acids is 1. The van der Waals surface area contributed by atoms with E-state index in [1.165, 1.54) is 7.11 Å². The standard InChI is InChI=1S/C11H13ClO3/c1-8-3-4-10(9(12)7-8)15-6-5-11(13)14-2/h3-4,7H,5-6H2,1-2H3. The quantitative estimate of drug-likeness (QED) is 0.743. The topological polar surface area (TPSA) is 35.5 Å². The van der Waals surface area contributed by atoms with Gasteiger partial charge in [0, 0.05) is 0 Å². The summed E-state index contributed by atoms with van der Waals surface area (Å²) in [6, 6.07) is 5.50. The van der Waals surface area contributed by atoms with Gasteiger partial charge in [0.25, 0.3) is 0 Å². The molecule has 3 nitrogen and oxygen atoms in total. The predicted molar refractivity (Wildman–Crippen MR) is 58.3 cm³/mol. The summed E-state index contributed by atoms with van der Waals surface area (Å²) in [7, 11) is 1.35. The number of methoxy groups -OCH3 is 1. The number of aryl methyl sites for hydroxylation is 1. The van der Waals surface area contributed by atoms with Crippen LogP contribution in [0.25, 0.3) is 0 Å². The minimum Gasteiger partial charge on any atom is -0.491 e. The Morgan fingerprint density at radius 2 is 2.20 bits per heavy atom. The van der Waals surface area contributed by atoms with Crippen LogP contribution >= 0.6 is 11.6 Å². The zero-order valence-electron chi connectivity index (χ0n) is 8.75. The minimum absolute atomic E-state index is 0.223. The lowest BCUT2D eigenvalue weighted by Gasteiger charge is -2.07. The first-order valence-electron chi connectivity index (χ1n) is 4.59. The maximum atomic E-state index is 10.8. The fraction of sp³-hybridized carbons (Fsp3) is 0.364. The third-order valence-corrected chi connectivity index (χ3v) is 2.17. The second kappa shape index (κ2) is 5.61. The molecule has 0 saturated carbocycles. The zero-order chi connectivity index (χ0) is 11.3. The van der Waals surface area contributed by atoms with Crippen LogP contribution in [0.15, 0.2) is 18.2 Å². The number of rotatable bonds is 4. The molecule has 0 aliphatic carbocycles. The van der Waals surface area contributed by atoms with Gasteiger partial charge in [-0.05, 0) is 24.6 Å². The number of ether oxygens (including phenoxy) is 2. The molecule has 0 bridgehead atoms. The molecule has 1 aromatic carbocycles. The summed E-state index contributed by atoms with van der Waals surface area (Å²) < 4.78 is 9.82. The van der Waals surface area contributed by atoms with Crippen LogP contribution in [0.3, 0.4) is 0 Å². The number of halogens is 1. The van der Waals surface area contributed by atoms with E-state index >= 15 is 0 Å². The molecular weight excluding hydrogens is 216 g/mol. The van der Waals surface area contributed by atoms with Gasteiger partial charge in [-0.2, -0.15) is 0 Å². The van der Waals surface area contributed by atoms with Gasteiger partial charge in [0.15, 0.2) is 0 Å². The molecule has 0 amide bonds. The van der Waals surface area contributed by atoms with E-state index < -0.39 is 0 Å². The molecule has 1 rings (SSSR count). The van der Waals surface area contributed by atoms with Crippen molar-refractivity contribution in [1.82, 2.24) is 0 Å². The zero-order valence-corrected chi connectivity index (χ0v) is 9.50. The first kappa shape index (κ1) is 11.9. The van der Waals surface area contributed by atoms with Gasteiger partial charge in [0.1, 0.15) is 5.75 Å². The van der Waals surface area contributed by atoms with Crippen LogP contribution in [-0.4, -0.2) is 19.7 Å². The van der Waals surface area contributed by atoms with Crippen molar-refractivity contribution in [2.45, 2.75) is 13.3 Å². The molecular formula is C11H13ClO3. The molecule has 0 aliphatic heterocycles. The monoisotopic (exact) mass is 228 g/mol. The fourth-order valence-electron chi connectivity index (χ4n) is 1.07. The van der Waals surface area contributed by atoms with Crippen LogP contribution in [0, 0.1) is 6.92 Å². The summed E-state index contributed by atoms with van der Waals surface area (Å²) in [5.41, 5.74) is 1.07. The summed E-state index contributed by atoms with van der Waals surface area (Å²) in [6.07, 6.45) is 0.223. The number of hydrogen-bond acceptors (Lipinski definition) is 3. The smallest absolute Gasteiger partial charge is 0.308 e. The normalized spacial score (nSPS) is 9.80. The Balaban J connectivity index is 2.47. The van der Waals surface area contributed by atoms with Gasteiger partial charge < -0.3 is 9.47 Å². The highest BCUT2D eigenvalue weighted by molar-refractivity contribution is 6.32. The van der Waals surface area contributed by atoms with E-state index in [0.29, 0.717) is 10.8 Å². The molecule has 0 radical (unpaired) electrons. The Bertz CT molecular complexity index is 350. The van der Waals surface area contributed by atoms with Gasteiger partial charge in [-0.3, -0.25) is 4.79 Å². The Morgan fingerprint density at radius 1 is 1.47 bits per heavy atom. The minimum atomic E-state index is -0.293. The van der Waals surface area contributed by atoms with Crippen LogP contribution in [0.1, 0.15) is 12.0 Å². The molecule has 82 valence electrons. The Hall–Kier alpha value is -1.22. The summed E-state index contributed by atoms with van der Waals surface area (Å²) in [6.45, 7) is 2.22. The molecule has 0 aromatic heterocycles. The Labute approximate surface area is 93.9 Å². The van der Waals surface area contributed by atoms with E-state index in [1.807, 2.05) is 19.1 Å². The number of carbonyl (C=O) groups is 1. The van der Waals surface area contributed by atoms with E-state index in [1.54, 1.807) is 6.07 Å². The molecule has 0 unspecified atom stereocenters. The molecule has 0 saturated heterocycles. The van der Waals surface area contributed by atoms with Crippen molar-refractivity contribution in [2.24, 2.45) is 0 Å². The number of hydrogen-bond donors (Lipinski definition) is 0. The fourth-order valence-corrected chi connectivity index (χ4v) is 1.36. The van der Waals surface area contributed by atoms with Gasteiger partial charge in [-0.15, -0.1) is 0 Å². The maximum Gasteiger partial charge on any atom is 0.308 e. The van der Waals surface area contributed by atoms with Crippen molar-refractivity contribution in [3.05, 3.63) is 28.8 Å². The van der Waals surface area contributed by atoms with Crippen molar-refractivity contribution in [3.63, 3.8) is 0 Å². The van der Waals surface area contributed by atoms with Gasteiger partial charge >= 0.3 is 5.97 Å². The van der Waals surface area contributed by atoms with Crippen molar-refractivity contribution < 1.29 is 14.3 Å². The van der Waals surface area contributed by atoms with E-state index in [4.69, 9.17) is 16.3 Å². The van der Waals surface area contributed by atoms with Gasteiger partial charge in [0.05, 0.1) is 25.2 Å². The van der Waals surface area contributed by atoms with Crippen LogP contribution < -0.4 is 4.74 Å². The first-order chi connectivity index (χ1) is 7.13. The average molecular weight is 229 g/mol. The van der Waals surface area contributed by atoms with Gasteiger partial charge in [-0.1, -0.05) is 17.7 Å². The van der Waals surface area contributed by atoms with E-state index in [0.717, 1.165) is 5.56 Å². The molecule has 1 aromatic rings. The Kier molecular flexibility index (Phi) is 4.43. The average Bonchev–Trinajstić information content (AvgIpc) is 2.21. The van der Waals surface area contributed by atoms with Crippen molar-refractivity contribution in [1.29, 1.82) is 0 Å². The number of esters is 1. The third kappa shape index (κ3) is 3.80. The van der Waals surface area contributed by atoms with Crippen LogP contribution in [-0.2, 0) is 9.53 Å². The maximum absolute atomic E-state index is 10.8. The number of benzene rings is 1. The van der Waals surface area contributed by atoms with Crippen molar-refractivity contribution >= 4 is 17.6 Å². The van der Waals surface area contributed by atoms with Crippen LogP contribution in [0.4, 0.5) is 0 Å². The molecule has 4 heteroatoms. The summed E-state index contributed by atoms with van der Waals surface area (Å²) in [5, 5.41) is 0.555. The van der Waals surface area contributed by atoms with Crippen LogP contribution in [0.2, 0.25) is 5.02 Å². The summed E-state index contributed by atoms with van der Waals surface area (Å²) in [5.74, 6) is 0.296. The lowest BCUT2D eigenvalue weighted by Crippen LogP contribution is -2.07. The van der Waals surface area contributed by atoms with Crippen LogP contribution in [0.5, 0.6) is 5.75 Å². The van der Waals surface area contributed by atoms with E-state index in [2.05, 4.69) is 4.74 Å². The van der Waals surface area contributed by atoms with E-state index in [-0.39, 0.29) is 19.0 Å². The highest BCUT2D eigenvalue weighted by Crippen LogP contribution is 2.25. The molecule has 0 fully saturated rings. The molecule has 0 aliphatic rings. The molecule has 15 heavy (non-hydrogen) atoms.